The second-order valence-corrected chi connectivity index (χ2v) is 8.23. The third-order valence-electron chi connectivity index (χ3n) is 6.06. The van der Waals surface area contributed by atoms with Gasteiger partial charge in [0.25, 0.3) is 5.91 Å². The molecule has 1 saturated carbocycles. The van der Waals surface area contributed by atoms with E-state index in [1.54, 1.807) is 36.8 Å². The Bertz CT molecular complexity index is 1480. The van der Waals surface area contributed by atoms with Gasteiger partial charge in [-0.3, -0.25) is 9.36 Å². The molecule has 1 N–H and O–H groups in total. The van der Waals surface area contributed by atoms with Gasteiger partial charge in [0, 0.05) is 30.5 Å². The average Bonchev–Trinajstić information content (AvgIpc) is 3.52. The molecule has 0 atom stereocenters. The number of carbonyl (C=O) groups is 1. The van der Waals surface area contributed by atoms with Crippen LogP contribution in [0.4, 0.5) is 5.69 Å². The molecule has 33 heavy (non-hydrogen) atoms. The molecule has 4 heterocycles. The number of carbonyl (C=O) groups excluding carboxylic acids is 1. The van der Waals surface area contributed by atoms with E-state index in [1.165, 1.54) is 20.0 Å². The summed E-state index contributed by atoms with van der Waals surface area (Å²) in [6, 6.07) is 15.5. The number of ether oxygens (including phenoxy) is 1. The van der Waals surface area contributed by atoms with Gasteiger partial charge < -0.3 is 14.6 Å². The van der Waals surface area contributed by atoms with E-state index in [0.29, 0.717) is 29.1 Å². The fourth-order valence-corrected chi connectivity index (χ4v) is 4.37. The maximum atomic E-state index is 13.5. The summed E-state index contributed by atoms with van der Waals surface area (Å²) >= 11 is 0. The quantitative estimate of drug-likeness (QED) is 0.424. The number of methoxy groups -OCH3 is 1. The van der Waals surface area contributed by atoms with Gasteiger partial charge in [0.05, 0.1) is 23.7 Å². The molecule has 8 nitrogen and oxygen atoms in total. The molecule has 0 bridgehead atoms. The molecule has 1 aliphatic rings. The van der Waals surface area contributed by atoms with Crippen LogP contribution in [-0.2, 0) is 6.54 Å². The molecule has 8 heteroatoms. The molecule has 4 aromatic heterocycles. The lowest BCUT2D eigenvalue weighted by Crippen LogP contribution is -2.18. The monoisotopic (exact) mass is 438 g/mol. The van der Waals surface area contributed by atoms with E-state index in [4.69, 9.17) is 4.74 Å². The van der Waals surface area contributed by atoms with E-state index in [1.807, 2.05) is 16.7 Å². The Balaban J connectivity index is 1.58. The summed E-state index contributed by atoms with van der Waals surface area (Å²) in [6.45, 7) is 0.932. The van der Waals surface area contributed by atoms with Crippen molar-refractivity contribution in [1.82, 2.24) is 24.1 Å². The van der Waals surface area contributed by atoms with Gasteiger partial charge in [0.15, 0.2) is 0 Å². The van der Waals surface area contributed by atoms with Crippen LogP contribution in [0.15, 0.2) is 67.1 Å². The van der Waals surface area contributed by atoms with Crippen LogP contribution in [0.2, 0.25) is 0 Å². The molecule has 1 fully saturated rings. The number of hydrogen-bond donors (Lipinski definition) is 1. The van der Waals surface area contributed by atoms with Crippen LogP contribution in [-0.4, -0.2) is 37.1 Å². The Morgan fingerprint density at radius 3 is 2.61 bits per heavy atom. The lowest BCUT2D eigenvalue weighted by molar-refractivity contribution is 0.102. The first-order chi connectivity index (χ1) is 16.2. The van der Waals surface area contributed by atoms with Crippen LogP contribution in [0.25, 0.3) is 27.9 Å². The van der Waals surface area contributed by atoms with E-state index in [9.17, 15) is 4.79 Å². The third-order valence-corrected chi connectivity index (χ3v) is 6.06. The Morgan fingerprint density at radius 2 is 1.82 bits per heavy atom. The normalized spacial score (nSPS) is 13.5. The summed E-state index contributed by atoms with van der Waals surface area (Å²) in [5.74, 6) is 1.20. The van der Waals surface area contributed by atoms with Crippen LogP contribution in [0.3, 0.4) is 0 Å². The van der Waals surface area contributed by atoms with E-state index in [0.717, 1.165) is 28.5 Å². The highest BCUT2D eigenvalue weighted by atomic mass is 16.5. The van der Waals surface area contributed by atoms with Gasteiger partial charge in [-0.2, -0.15) is 0 Å². The van der Waals surface area contributed by atoms with Crippen molar-refractivity contribution in [3.63, 3.8) is 0 Å². The van der Waals surface area contributed by atoms with E-state index in [-0.39, 0.29) is 5.91 Å². The average molecular weight is 438 g/mol. The molecule has 1 aliphatic carbocycles. The predicted molar refractivity (Wildman–Crippen MR) is 126 cm³/mol. The highest BCUT2D eigenvalue weighted by Crippen LogP contribution is 2.38. The fraction of sp³-hybridized carbons (Fsp3) is 0.200. The summed E-state index contributed by atoms with van der Waals surface area (Å²) < 4.78 is 9.48. The highest BCUT2D eigenvalue weighted by molar-refractivity contribution is 6.13. The van der Waals surface area contributed by atoms with Gasteiger partial charge in [0.2, 0.25) is 11.8 Å². The van der Waals surface area contributed by atoms with E-state index in [2.05, 4.69) is 43.0 Å². The minimum atomic E-state index is -0.285. The SMILES string of the molecule is COc1ncccc1NC(=O)c1cc2c(c3ccccc3n2CC2CC2)n1-c1ncccn1. The van der Waals surface area contributed by atoms with Crippen LogP contribution in [0.5, 0.6) is 5.88 Å². The van der Waals surface area contributed by atoms with Crippen molar-refractivity contribution in [1.29, 1.82) is 0 Å². The zero-order valence-corrected chi connectivity index (χ0v) is 18.1. The number of pyridine rings is 1. The van der Waals surface area contributed by atoms with Gasteiger partial charge in [-0.05, 0) is 49.1 Å². The second-order valence-electron chi connectivity index (χ2n) is 8.23. The molecule has 0 aliphatic heterocycles. The van der Waals surface area contributed by atoms with Crippen molar-refractivity contribution in [2.45, 2.75) is 19.4 Å². The molecular formula is C25H22N6O2. The van der Waals surface area contributed by atoms with E-state index >= 15 is 0 Å². The van der Waals surface area contributed by atoms with Crippen molar-refractivity contribution >= 4 is 33.5 Å². The van der Waals surface area contributed by atoms with Crippen LogP contribution >= 0.6 is 0 Å². The largest absolute Gasteiger partial charge is 0.480 e. The molecular weight excluding hydrogens is 416 g/mol. The Hall–Kier alpha value is -4.20. The number of benzene rings is 1. The van der Waals surface area contributed by atoms with Crippen molar-refractivity contribution in [3.05, 3.63) is 72.8 Å². The number of anilines is 1. The van der Waals surface area contributed by atoms with E-state index < -0.39 is 0 Å². The van der Waals surface area contributed by atoms with Crippen LogP contribution in [0.1, 0.15) is 23.3 Å². The summed E-state index contributed by atoms with van der Waals surface area (Å²) in [7, 11) is 1.53. The smallest absolute Gasteiger partial charge is 0.272 e. The Morgan fingerprint density at radius 1 is 1.03 bits per heavy atom. The molecule has 0 spiro atoms. The molecule has 0 saturated heterocycles. The Labute approximate surface area is 189 Å². The molecule has 0 radical (unpaired) electrons. The van der Waals surface area contributed by atoms with Gasteiger partial charge >= 0.3 is 0 Å². The lowest BCUT2D eigenvalue weighted by atomic mass is 10.2. The van der Waals surface area contributed by atoms with Crippen molar-refractivity contribution in [2.24, 2.45) is 5.92 Å². The van der Waals surface area contributed by atoms with Crippen LogP contribution < -0.4 is 10.1 Å². The van der Waals surface area contributed by atoms with Gasteiger partial charge in [0.1, 0.15) is 11.4 Å². The molecule has 6 rings (SSSR count). The van der Waals surface area contributed by atoms with Crippen LogP contribution in [0, 0.1) is 5.92 Å². The summed E-state index contributed by atoms with van der Waals surface area (Å²) in [6.07, 6.45) is 7.47. The molecule has 0 unspecified atom stereocenters. The standard InChI is InChI=1S/C25H22N6O2/c1-33-24-18(7-4-11-26-24)29-23(32)21-14-20-22(31(21)25-27-12-5-13-28-25)17-6-2-3-8-19(17)30(20)15-16-9-10-16/h2-8,11-14,16H,9-10,15H2,1H3,(H,29,32). The number of nitrogens with zero attached hydrogens (tertiary/aromatic N) is 5. The van der Waals surface area contributed by atoms with Crippen molar-refractivity contribution in [2.75, 3.05) is 12.4 Å². The number of aromatic nitrogens is 5. The second kappa shape index (κ2) is 7.74. The maximum absolute atomic E-state index is 13.5. The van der Waals surface area contributed by atoms with Gasteiger partial charge in [-0.15, -0.1) is 0 Å². The molecule has 1 aromatic carbocycles. The number of para-hydroxylation sites is 1. The van der Waals surface area contributed by atoms with Crippen molar-refractivity contribution in [3.8, 4) is 11.8 Å². The maximum Gasteiger partial charge on any atom is 0.272 e. The zero-order chi connectivity index (χ0) is 22.4. The first-order valence-electron chi connectivity index (χ1n) is 10.9. The number of hydrogen-bond acceptors (Lipinski definition) is 5. The van der Waals surface area contributed by atoms with Gasteiger partial charge in [-0.25, -0.2) is 15.0 Å². The lowest BCUT2D eigenvalue weighted by Gasteiger charge is -2.11. The topological polar surface area (TPSA) is 86.9 Å². The highest BCUT2D eigenvalue weighted by Gasteiger charge is 2.28. The van der Waals surface area contributed by atoms with Gasteiger partial charge in [-0.1, -0.05) is 18.2 Å². The first kappa shape index (κ1) is 19.5. The summed E-state index contributed by atoms with van der Waals surface area (Å²) in [4.78, 5) is 26.7. The molecule has 164 valence electrons. The predicted octanol–water partition coefficient (Wildman–Crippen LogP) is 4.44. The first-order valence-corrected chi connectivity index (χ1v) is 10.9. The number of nitrogens with one attached hydrogen (secondary N) is 1. The number of rotatable bonds is 6. The number of amides is 1. The molecule has 1 amide bonds. The molecule has 5 aromatic rings. The minimum absolute atomic E-state index is 0.285. The fourth-order valence-electron chi connectivity index (χ4n) is 4.37. The zero-order valence-electron chi connectivity index (χ0n) is 18.1. The third kappa shape index (κ3) is 3.31. The minimum Gasteiger partial charge on any atom is -0.480 e. The summed E-state index contributed by atoms with van der Waals surface area (Å²) in [5, 5.41) is 4.02. The van der Waals surface area contributed by atoms with Crippen molar-refractivity contribution < 1.29 is 9.53 Å². The summed E-state index contributed by atoms with van der Waals surface area (Å²) in [5.41, 5.74) is 4.04. The number of fused-ring (bicyclic) bond motifs is 3. The Kier molecular flexibility index (Phi) is 4.57.